The van der Waals surface area contributed by atoms with Crippen molar-refractivity contribution in [2.75, 3.05) is 13.2 Å². The molecule has 0 rings (SSSR count). The van der Waals surface area contributed by atoms with E-state index in [-0.39, 0.29) is 31.1 Å². The second kappa shape index (κ2) is 53.2. The zero-order valence-electron chi connectivity index (χ0n) is 42.5. The summed E-state index contributed by atoms with van der Waals surface area (Å²) in [6.07, 6.45) is 68.7. The normalized spacial score (nSPS) is 12.7. The molecule has 0 aliphatic rings. The molecule has 0 saturated heterocycles. The fourth-order valence-corrected chi connectivity index (χ4v) is 7.32. The molecule has 6 nitrogen and oxygen atoms in total. The number of carbonyl (C=O) groups excluding carboxylic acids is 3. The van der Waals surface area contributed by atoms with Crippen molar-refractivity contribution in [1.82, 2.24) is 0 Å². The Morgan fingerprint density at radius 1 is 0.323 bits per heavy atom. The Morgan fingerprint density at radius 2 is 0.600 bits per heavy atom. The van der Waals surface area contributed by atoms with Crippen molar-refractivity contribution in [3.05, 3.63) is 85.1 Å². The number of carbonyl (C=O) groups is 3. The fraction of sp³-hybridized carbons (Fsp3) is 0.712. The summed E-state index contributed by atoms with van der Waals surface area (Å²) in [5, 5.41) is 0. The molecule has 0 N–H and O–H groups in total. The third-order valence-corrected chi connectivity index (χ3v) is 11.4. The minimum atomic E-state index is -0.784. The van der Waals surface area contributed by atoms with E-state index in [2.05, 4.69) is 106 Å². The molecule has 0 aliphatic carbocycles. The topological polar surface area (TPSA) is 78.9 Å². The first-order chi connectivity index (χ1) is 32.0. The molecule has 0 aromatic carbocycles. The number of rotatable bonds is 48. The highest BCUT2D eigenvalue weighted by atomic mass is 16.6. The van der Waals surface area contributed by atoms with Crippen LogP contribution in [-0.4, -0.2) is 37.2 Å². The Kier molecular flexibility index (Phi) is 50.4. The molecule has 6 heteroatoms. The number of hydrogen-bond acceptors (Lipinski definition) is 6. The summed E-state index contributed by atoms with van der Waals surface area (Å²) < 4.78 is 16.7. The van der Waals surface area contributed by atoms with Crippen molar-refractivity contribution in [3.8, 4) is 0 Å². The van der Waals surface area contributed by atoms with Crippen LogP contribution in [0.2, 0.25) is 0 Å². The zero-order chi connectivity index (χ0) is 47.2. The van der Waals surface area contributed by atoms with Gasteiger partial charge in [-0.3, -0.25) is 14.4 Å². The summed E-state index contributed by atoms with van der Waals surface area (Å²) >= 11 is 0. The summed E-state index contributed by atoms with van der Waals surface area (Å²) in [6.45, 7) is 6.46. The average Bonchev–Trinajstić information content (AvgIpc) is 3.30. The van der Waals surface area contributed by atoms with Crippen LogP contribution >= 0.6 is 0 Å². The molecule has 0 aromatic rings. The largest absolute Gasteiger partial charge is 0.462 e. The molecule has 0 amide bonds. The van der Waals surface area contributed by atoms with E-state index in [1.165, 1.54) is 89.9 Å². The van der Waals surface area contributed by atoms with Crippen LogP contribution in [0.4, 0.5) is 0 Å². The second-order valence-corrected chi connectivity index (χ2v) is 17.8. The number of hydrogen-bond donors (Lipinski definition) is 0. The van der Waals surface area contributed by atoms with E-state index in [0.717, 1.165) is 122 Å². The summed E-state index contributed by atoms with van der Waals surface area (Å²) in [6, 6.07) is 0. The third-order valence-electron chi connectivity index (χ3n) is 11.4. The number of unbranched alkanes of at least 4 members (excludes halogenated alkanes) is 23. The molecule has 1 unspecified atom stereocenters. The van der Waals surface area contributed by atoms with Crippen LogP contribution in [0.25, 0.3) is 0 Å². The summed E-state index contributed by atoms with van der Waals surface area (Å²) in [4.78, 5) is 37.8. The molecule has 372 valence electrons. The molecule has 0 heterocycles. The summed E-state index contributed by atoms with van der Waals surface area (Å²) in [5.74, 6) is -0.913. The molecule has 1 atom stereocenters. The van der Waals surface area contributed by atoms with E-state index in [1.807, 2.05) is 0 Å². The van der Waals surface area contributed by atoms with Gasteiger partial charge in [-0.25, -0.2) is 0 Å². The third kappa shape index (κ3) is 51.4. The lowest BCUT2D eigenvalue weighted by molar-refractivity contribution is -0.167. The van der Waals surface area contributed by atoms with Gasteiger partial charge in [0.1, 0.15) is 13.2 Å². The van der Waals surface area contributed by atoms with Crippen LogP contribution < -0.4 is 0 Å². The van der Waals surface area contributed by atoms with Gasteiger partial charge in [0.15, 0.2) is 6.10 Å². The van der Waals surface area contributed by atoms with E-state index in [9.17, 15) is 14.4 Å². The van der Waals surface area contributed by atoms with E-state index in [0.29, 0.717) is 19.3 Å². The highest BCUT2D eigenvalue weighted by Crippen LogP contribution is 2.14. The zero-order valence-corrected chi connectivity index (χ0v) is 42.5. The van der Waals surface area contributed by atoms with Crippen LogP contribution in [0.1, 0.15) is 252 Å². The van der Waals surface area contributed by atoms with Crippen molar-refractivity contribution < 1.29 is 28.6 Å². The van der Waals surface area contributed by atoms with Crippen LogP contribution in [-0.2, 0) is 28.6 Å². The Hall–Kier alpha value is -3.41. The highest BCUT2D eigenvalue weighted by Gasteiger charge is 2.19. The Balaban J connectivity index is 4.25. The summed E-state index contributed by atoms with van der Waals surface area (Å²) in [7, 11) is 0. The number of esters is 3. The average molecular weight is 905 g/mol. The van der Waals surface area contributed by atoms with Crippen molar-refractivity contribution >= 4 is 17.9 Å². The molecule has 0 saturated carbocycles. The quantitative estimate of drug-likeness (QED) is 0.0262. The molecule has 0 fully saturated rings. The van der Waals surface area contributed by atoms with E-state index < -0.39 is 6.10 Å². The molecular formula is C59H100O6. The Morgan fingerprint density at radius 3 is 0.954 bits per heavy atom. The monoisotopic (exact) mass is 905 g/mol. The molecular weight excluding hydrogens is 805 g/mol. The molecule has 0 radical (unpaired) electrons. The van der Waals surface area contributed by atoms with E-state index in [4.69, 9.17) is 14.2 Å². The lowest BCUT2D eigenvalue weighted by Gasteiger charge is -2.18. The van der Waals surface area contributed by atoms with Gasteiger partial charge >= 0.3 is 17.9 Å². The van der Waals surface area contributed by atoms with Gasteiger partial charge < -0.3 is 14.2 Å². The van der Waals surface area contributed by atoms with Crippen LogP contribution in [0.3, 0.4) is 0 Å². The first-order valence-electron chi connectivity index (χ1n) is 27.1. The minimum Gasteiger partial charge on any atom is -0.462 e. The van der Waals surface area contributed by atoms with Crippen molar-refractivity contribution in [2.45, 2.75) is 258 Å². The van der Waals surface area contributed by atoms with Crippen molar-refractivity contribution in [1.29, 1.82) is 0 Å². The number of allylic oxidation sites excluding steroid dienone is 14. The van der Waals surface area contributed by atoms with Crippen LogP contribution in [0.15, 0.2) is 85.1 Å². The van der Waals surface area contributed by atoms with Gasteiger partial charge in [0.25, 0.3) is 0 Å². The van der Waals surface area contributed by atoms with Gasteiger partial charge in [-0.2, -0.15) is 0 Å². The van der Waals surface area contributed by atoms with Crippen LogP contribution in [0.5, 0.6) is 0 Å². The molecule has 0 aromatic heterocycles. The van der Waals surface area contributed by atoms with Gasteiger partial charge in [0.2, 0.25) is 0 Å². The van der Waals surface area contributed by atoms with Gasteiger partial charge in [0.05, 0.1) is 0 Å². The maximum absolute atomic E-state index is 12.8. The summed E-state index contributed by atoms with van der Waals surface area (Å²) in [5.41, 5.74) is 0. The van der Waals surface area contributed by atoms with Gasteiger partial charge in [-0.15, -0.1) is 0 Å². The minimum absolute atomic E-state index is 0.0840. The van der Waals surface area contributed by atoms with E-state index >= 15 is 0 Å². The fourth-order valence-electron chi connectivity index (χ4n) is 7.32. The van der Waals surface area contributed by atoms with Gasteiger partial charge in [-0.05, 0) is 96.3 Å². The van der Waals surface area contributed by atoms with Crippen LogP contribution in [0, 0.1) is 0 Å². The molecule has 0 aliphatic heterocycles. The predicted molar refractivity (Wildman–Crippen MR) is 279 cm³/mol. The van der Waals surface area contributed by atoms with Crippen molar-refractivity contribution in [2.24, 2.45) is 0 Å². The Bertz CT molecular complexity index is 1270. The molecule has 0 spiro atoms. The maximum atomic E-state index is 12.8. The predicted octanol–water partition coefficient (Wildman–Crippen LogP) is 18.0. The highest BCUT2D eigenvalue weighted by molar-refractivity contribution is 5.71. The Labute approximate surface area is 401 Å². The smallest absolute Gasteiger partial charge is 0.306 e. The second-order valence-electron chi connectivity index (χ2n) is 17.8. The maximum Gasteiger partial charge on any atom is 0.306 e. The lowest BCUT2D eigenvalue weighted by atomic mass is 10.1. The van der Waals surface area contributed by atoms with Gasteiger partial charge in [-0.1, -0.05) is 221 Å². The van der Waals surface area contributed by atoms with Gasteiger partial charge in [0, 0.05) is 19.3 Å². The SMILES string of the molecule is CC/C=C\C/C=C\C/C=C\C/C=C\C/C=C\C/C=C\CCCCCCCCC(=O)OCC(COC(=O)CCCCCCCCC)OC(=O)CCCCCCC/C=C\CCCCCCCC. The molecule has 0 bridgehead atoms. The standard InChI is InChI=1S/C59H100O6/c1-4-7-10-13-16-18-20-22-24-25-26-27-28-29-30-31-32-33-35-36-38-40-43-46-49-52-58(61)64-55-56(54-63-57(60)51-48-45-42-15-12-9-6-3)65-59(62)53-50-47-44-41-39-37-34-23-21-19-17-14-11-8-5-2/h7,10,16,18,22-24,26-27,29-30,32-34,56H,4-6,8-9,11-15,17,19-21,25,28,31,35-55H2,1-3H3/b10-7-,18-16-,24-22-,27-26-,30-29-,33-32-,34-23-. The first kappa shape index (κ1) is 61.6. The lowest BCUT2D eigenvalue weighted by Crippen LogP contribution is -2.30. The molecule has 65 heavy (non-hydrogen) atoms. The number of ether oxygens (including phenoxy) is 3. The first-order valence-corrected chi connectivity index (χ1v) is 27.1. The van der Waals surface area contributed by atoms with E-state index in [1.54, 1.807) is 0 Å². The van der Waals surface area contributed by atoms with Crippen molar-refractivity contribution in [3.63, 3.8) is 0 Å².